The summed E-state index contributed by atoms with van der Waals surface area (Å²) < 4.78 is 43.0. The highest BCUT2D eigenvalue weighted by Crippen LogP contribution is 2.37. The zero-order chi connectivity index (χ0) is 13.1. The number of alkyl halides is 3. The highest BCUT2D eigenvalue weighted by atomic mass is 19.4. The van der Waals surface area contributed by atoms with Crippen LogP contribution in [0.25, 0.3) is 0 Å². The van der Waals surface area contributed by atoms with Gasteiger partial charge in [-0.15, -0.1) is 0 Å². The van der Waals surface area contributed by atoms with Crippen molar-refractivity contribution in [3.05, 3.63) is 0 Å². The molecule has 0 heterocycles. The second-order valence-corrected chi connectivity index (χ2v) is 5.45. The van der Waals surface area contributed by atoms with E-state index in [0.29, 0.717) is 13.0 Å². The van der Waals surface area contributed by atoms with Crippen molar-refractivity contribution in [2.45, 2.75) is 57.3 Å². The summed E-state index contributed by atoms with van der Waals surface area (Å²) in [5.74, 6) is -1.14. The molecule has 17 heavy (non-hydrogen) atoms. The van der Waals surface area contributed by atoms with Gasteiger partial charge in [-0.1, -0.05) is 6.42 Å². The Morgan fingerprint density at radius 3 is 2.41 bits per heavy atom. The predicted molar refractivity (Wildman–Crippen MR) is 60.9 cm³/mol. The molecule has 0 saturated heterocycles. The molecule has 0 amide bonds. The molecule has 0 radical (unpaired) electrons. The highest BCUT2D eigenvalue weighted by molar-refractivity contribution is 4.83. The van der Waals surface area contributed by atoms with Crippen LogP contribution in [0.3, 0.4) is 0 Å². The lowest BCUT2D eigenvalue weighted by Crippen LogP contribution is -2.45. The molecule has 1 fully saturated rings. The minimum Gasteiger partial charge on any atom is -0.377 e. The van der Waals surface area contributed by atoms with Gasteiger partial charge in [-0.25, -0.2) is 0 Å². The van der Waals surface area contributed by atoms with E-state index in [1.807, 2.05) is 13.8 Å². The average Bonchev–Trinajstić information content (AvgIpc) is 2.26. The van der Waals surface area contributed by atoms with Gasteiger partial charge in [0.2, 0.25) is 0 Å². The fraction of sp³-hybridized carbons (Fsp3) is 1.00. The van der Waals surface area contributed by atoms with Crippen LogP contribution >= 0.6 is 0 Å². The fourth-order valence-electron chi connectivity index (χ4n) is 2.13. The van der Waals surface area contributed by atoms with Crippen LogP contribution in [0.2, 0.25) is 0 Å². The van der Waals surface area contributed by atoms with Gasteiger partial charge in [0.1, 0.15) is 0 Å². The van der Waals surface area contributed by atoms with Crippen molar-refractivity contribution < 1.29 is 17.9 Å². The number of ether oxygens (including phenoxy) is 1. The zero-order valence-corrected chi connectivity index (χ0v) is 10.7. The Kier molecular flexibility index (Phi) is 4.84. The van der Waals surface area contributed by atoms with E-state index in [-0.39, 0.29) is 24.5 Å². The van der Waals surface area contributed by atoms with Gasteiger partial charge in [0, 0.05) is 19.7 Å². The SMILES string of the molecule is COC(C)(C)CNC1CCCC(C(F)(F)F)C1. The molecular weight excluding hydrogens is 231 g/mol. The quantitative estimate of drug-likeness (QED) is 0.831. The van der Waals surface area contributed by atoms with Gasteiger partial charge < -0.3 is 10.1 Å². The monoisotopic (exact) mass is 253 g/mol. The fourth-order valence-corrected chi connectivity index (χ4v) is 2.13. The van der Waals surface area contributed by atoms with Crippen molar-refractivity contribution in [3.8, 4) is 0 Å². The number of hydrogen-bond donors (Lipinski definition) is 1. The molecule has 0 spiro atoms. The van der Waals surface area contributed by atoms with Crippen LogP contribution in [-0.4, -0.2) is 31.5 Å². The molecule has 1 rings (SSSR count). The summed E-state index contributed by atoms with van der Waals surface area (Å²) in [5.41, 5.74) is -0.328. The molecular formula is C12H22F3NO. The molecule has 1 aliphatic rings. The van der Waals surface area contributed by atoms with Gasteiger partial charge in [0.15, 0.2) is 0 Å². The summed E-state index contributed by atoms with van der Waals surface area (Å²) in [7, 11) is 1.61. The van der Waals surface area contributed by atoms with Crippen molar-refractivity contribution in [1.82, 2.24) is 5.32 Å². The number of hydrogen-bond acceptors (Lipinski definition) is 2. The Hall–Kier alpha value is -0.290. The second-order valence-electron chi connectivity index (χ2n) is 5.45. The highest BCUT2D eigenvalue weighted by Gasteiger charge is 2.42. The smallest absolute Gasteiger partial charge is 0.377 e. The molecule has 0 bridgehead atoms. The molecule has 1 aliphatic carbocycles. The van der Waals surface area contributed by atoms with E-state index in [2.05, 4.69) is 5.32 Å². The van der Waals surface area contributed by atoms with Gasteiger partial charge in [-0.05, 0) is 33.1 Å². The van der Waals surface area contributed by atoms with Crippen LogP contribution in [0.5, 0.6) is 0 Å². The van der Waals surface area contributed by atoms with Gasteiger partial charge in [-0.2, -0.15) is 13.2 Å². The first-order chi connectivity index (χ1) is 7.74. The molecule has 2 atom stereocenters. The third kappa shape index (κ3) is 4.84. The second kappa shape index (κ2) is 5.57. The molecule has 0 aromatic rings. The lowest BCUT2D eigenvalue weighted by Gasteiger charge is -2.33. The van der Waals surface area contributed by atoms with Gasteiger partial charge in [0.25, 0.3) is 0 Å². The summed E-state index contributed by atoms with van der Waals surface area (Å²) >= 11 is 0. The standard InChI is InChI=1S/C12H22F3NO/c1-11(2,17-3)8-16-10-6-4-5-9(7-10)12(13,14)15/h9-10,16H,4-8H2,1-3H3. The number of rotatable bonds is 4. The normalized spacial score (nSPS) is 27.2. The van der Waals surface area contributed by atoms with Crippen molar-refractivity contribution in [2.75, 3.05) is 13.7 Å². The topological polar surface area (TPSA) is 21.3 Å². The number of halogens is 3. The number of nitrogens with one attached hydrogen (secondary N) is 1. The van der Waals surface area contributed by atoms with Crippen molar-refractivity contribution >= 4 is 0 Å². The summed E-state index contributed by atoms with van der Waals surface area (Å²) in [5, 5.41) is 3.19. The van der Waals surface area contributed by atoms with Crippen molar-refractivity contribution in [3.63, 3.8) is 0 Å². The van der Waals surface area contributed by atoms with E-state index in [1.54, 1.807) is 7.11 Å². The first kappa shape index (κ1) is 14.8. The predicted octanol–water partition coefficient (Wildman–Crippen LogP) is 3.12. The van der Waals surface area contributed by atoms with E-state index >= 15 is 0 Å². The van der Waals surface area contributed by atoms with Crippen LogP contribution in [0, 0.1) is 5.92 Å². The van der Waals surface area contributed by atoms with E-state index in [0.717, 1.165) is 6.42 Å². The Morgan fingerprint density at radius 2 is 1.88 bits per heavy atom. The Morgan fingerprint density at radius 1 is 1.24 bits per heavy atom. The molecule has 2 nitrogen and oxygen atoms in total. The van der Waals surface area contributed by atoms with Crippen LogP contribution in [0.15, 0.2) is 0 Å². The van der Waals surface area contributed by atoms with Crippen LogP contribution < -0.4 is 5.32 Å². The van der Waals surface area contributed by atoms with E-state index in [1.165, 1.54) is 0 Å². The van der Waals surface area contributed by atoms with Crippen LogP contribution in [0.4, 0.5) is 13.2 Å². The van der Waals surface area contributed by atoms with E-state index in [4.69, 9.17) is 4.74 Å². The zero-order valence-electron chi connectivity index (χ0n) is 10.7. The minimum absolute atomic E-state index is 0.0372. The summed E-state index contributed by atoms with van der Waals surface area (Å²) in [6, 6.07) is -0.0372. The Bertz CT molecular complexity index is 240. The molecule has 1 saturated carbocycles. The molecule has 0 aliphatic heterocycles. The first-order valence-electron chi connectivity index (χ1n) is 6.10. The minimum atomic E-state index is -4.04. The number of methoxy groups -OCH3 is 1. The molecule has 0 aromatic heterocycles. The molecule has 1 N–H and O–H groups in total. The maximum absolute atomic E-state index is 12.6. The van der Waals surface area contributed by atoms with Gasteiger partial charge in [0.05, 0.1) is 11.5 Å². The molecule has 2 unspecified atom stereocenters. The van der Waals surface area contributed by atoms with E-state index < -0.39 is 12.1 Å². The molecule has 0 aromatic carbocycles. The first-order valence-corrected chi connectivity index (χ1v) is 6.10. The van der Waals surface area contributed by atoms with Gasteiger partial charge >= 0.3 is 6.18 Å². The molecule has 5 heteroatoms. The van der Waals surface area contributed by atoms with Gasteiger partial charge in [-0.3, -0.25) is 0 Å². The Labute approximate surface area is 101 Å². The lowest BCUT2D eigenvalue weighted by molar-refractivity contribution is -0.183. The van der Waals surface area contributed by atoms with Crippen LogP contribution in [-0.2, 0) is 4.74 Å². The van der Waals surface area contributed by atoms with Crippen LogP contribution in [0.1, 0.15) is 39.5 Å². The lowest BCUT2D eigenvalue weighted by atomic mass is 9.85. The third-order valence-electron chi connectivity index (χ3n) is 3.51. The summed E-state index contributed by atoms with van der Waals surface area (Å²) in [6.45, 7) is 4.42. The van der Waals surface area contributed by atoms with Crippen molar-refractivity contribution in [2.24, 2.45) is 5.92 Å². The van der Waals surface area contributed by atoms with Crippen molar-refractivity contribution in [1.29, 1.82) is 0 Å². The molecule has 102 valence electrons. The Balaban J connectivity index is 2.40. The van der Waals surface area contributed by atoms with E-state index in [9.17, 15) is 13.2 Å². The third-order valence-corrected chi connectivity index (χ3v) is 3.51. The summed E-state index contributed by atoms with van der Waals surface area (Å²) in [6.07, 6.45) is -2.10. The summed E-state index contributed by atoms with van der Waals surface area (Å²) in [4.78, 5) is 0. The maximum atomic E-state index is 12.6. The largest absolute Gasteiger partial charge is 0.391 e. The maximum Gasteiger partial charge on any atom is 0.391 e. The average molecular weight is 253 g/mol.